The summed E-state index contributed by atoms with van der Waals surface area (Å²) in [4.78, 5) is 0. The normalized spacial score (nSPS) is 15.4. The molecule has 0 aliphatic rings. The van der Waals surface area contributed by atoms with Crippen LogP contribution < -0.4 is 0 Å². The Labute approximate surface area is 143 Å². The van der Waals surface area contributed by atoms with Gasteiger partial charge < -0.3 is 10.2 Å². The summed E-state index contributed by atoms with van der Waals surface area (Å²) in [6.45, 7) is 0. The predicted octanol–water partition coefficient (Wildman–Crippen LogP) is 5.18. The fourth-order valence-electron chi connectivity index (χ4n) is 3.11. The van der Waals surface area contributed by atoms with Crippen LogP contribution in [0, 0.1) is 0 Å². The summed E-state index contributed by atoms with van der Waals surface area (Å²) in [5, 5.41) is 18.9. The molecule has 3 aromatic rings. The third-order valence-electron chi connectivity index (χ3n) is 4.18. The lowest BCUT2D eigenvalue weighted by molar-refractivity contribution is -0.206. The van der Waals surface area contributed by atoms with E-state index in [1.54, 1.807) is 0 Å². The molecule has 26 heavy (non-hydrogen) atoms. The van der Waals surface area contributed by atoms with E-state index in [0.717, 1.165) is 0 Å². The minimum Gasteiger partial charge on any atom is -0.379 e. The van der Waals surface area contributed by atoms with Crippen molar-refractivity contribution in [2.45, 2.75) is 24.6 Å². The second-order valence-corrected chi connectivity index (χ2v) is 5.81. The maximum Gasteiger partial charge on any atom is 0.418 e. The number of aliphatic hydroxyl groups excluding tert-OH is 2. The standard InChI is InChI=1S/C18H12F6O2/c19-17(20,21)15(25)13-9-5-1-2-6-10(9)14(16(26)18(22,23)24)12-8-4-3-7-11(12)13/h1-8,15-16,25-26H/t15-,16+. The van der Waals surface area contributed by atoms with Crippen LogP contribution in [0.3, 0.4) is 0 Å². The topological polar surface area (TPSA) is 40.5 Å². The first kappa shape index (κ1) is 18.5. The van der Waals surface area contributed by atoms with Crippen LogP contribution in [-0.2, 0) is 0 Å². The highest BCUT2D eigenvalue weighted by molar-refractivity contribution is 6.06. The van der Waals surface area contributed by atoms with E-state index in [1.807, 2.05) is 0 Å². The zero-order chi connectivity index (χ0) is 19.3. The van der Waals surface area contributed by atoms with E-state index < -0.39 is 35.7 Å². The molecule has 2 N–H and O–H groups in total. The summed E-state index contributed by atoms with van der Waals surface area (Å²) in [7, 11) is 0. The van der Waals surface area contributed by atoms with Crippen molar-refractivity contribution < 1.29 is 36.6 Å². The molecule has 0 saturated heterocycles. The number of rotatable bonds is 2. The molecule has 8 heteroatoms. The van der Waals surface area contributed by atoms with Crippen molar-refractivity contribution in [3.8, 4) is 0 Å². The van der Waals surface area contributed by atoms with Crippen LogP contribution in [0.5, 0.6) is 0 Å². The molecule has 0 aliphatic carbocycles. The Morgan fingerprint density at radius 2 is 0.769 bits per heavy atom. The van der Waals surface area contributed by atoms with Crippen molar-refractivity contribution >= 4 is 21.5 Å². The van der Waals surface area contributed by atoms with E-state index >= 15 is 0 Å². The molecular weight excluding hydrogens is 362 g/mol. The highest BCUT2D eigenvalue weighted by Gasteiger charge is 2.44. The second kappa shape index (κ2) is 6.14. The van der Waals surface area contributed by atoms with E-state index in [0.29, 0.717) is 0 Å². The van der Waals surface area contributed by atoms with Crippen LogP contribution in [0.1, 0.15) is 23.3 Å². The number of halogens is 6. The number of fused-ring (bicyclic) bond motifs is 2. The smallest absolute Gasteiger partial charge is 0.379 e. The van der Waals surface area contributed by atoms with Gasteiger partial charge in [0.05, 0.1) is 0 Å². The second-order valence-electron chi connectivity index (χ2n) is 5.81. The molecule has 0 saturated carbocycles. The Kier molecular flexibility index (Phi) is 4.36. The maximum atomic E-state index is 13.2. The number of alkyl halides is 6. The lowest BCUT2D eigenvalue weighted by Gasteiger charge is -2.24. The van der Waals surface area contributed by atoms with E-state index in [2.05, 4.69) is 0 Å². The summed E-state index contributed by atoms with van der Waals surface area (Å²) in [5.74, 6) is 0. The third kappa shape index (κ3) is 2.99. The summed E-state index contributed by atoms with van der Waals surface area (Å²) in [6, 6.07) is 10.2. The van der Waals surface area contributed by atoms with Crippen LogP contribution in [0.25, 0.3) is 21.5 Å². The summed E-state index contributed by atoms with van der Waals surface area (Å²) in [5.41, 5.74) is -1.08. The maximum absolute atomic E-state index is 13.2. The SMILES string of the molecule is O[C@H](c1c2ccccc2c([C@H](O)C(F)(F)F)c2ccccc12)C(F)(F)F. The molecule has 0 bridgehead atoms. The highest BCUT2D eigenvalue weighted by Crippen LogP contribution is 2.46. The van der Waals surface area contributed by atoms with Crippen LogP contribution >= 0.6 is 0 Å². The van der Waals surface area contributed by atoms with Crippen LogP contribution in [0.2, 0.25) is 0 Å². The number of aliphatic hydroxyl groups is 2. The van der Waals surface area contributed by atoms with Crippen LogP contribution in [-0.4, -0.2) is 22.6 Å². The molecule has 0 heterocycles. The Morgan fingerprint density at radius 1 is 0.538 bits per heavy atom. The van der Waals surface area contributed by atoms with Gasteiger partial charge >= 0.3 is 12.4 Å². The first-order valence-corrected chi connectivity index (χ1v) is 7.46. The van der Waals surface area contributed by atoms with Gasteiger partial charge in [-0.3, -0.25) is 0 Å². The van der Waals surface area contributed by atoms with Crippen molar-refractivity contribution in [2.24, 2.45) is 0 Å². The summed E-state index contributed by atoms with van der Waals surface area (Å²) < 4.78 is 79.0. The van der Waals surface area contributed by atoms with E-state index in [9.17, 15) is 36.6 Å². The van der Waals surface area contributed by atoms with Gasteiger partial charge in [0, 0.05) is 11.1 Å². The molecule has 0 radical (unpaired) electrons. The number of hydrogen-bond acceptors (Lipinski definition) is 2. The van der Waals surface area contributed by atoms with Gasteiger partial charge in [-0.2, -0.15) is 26.3 Å². The highest BCUT2D eigenvalue weighted by atomic mass is 19.4. The number of hydrogen-bond donors (Lipinski definition) is 2. The first-order valence-electron chi connectivity index (χ1n) is 7.46. The molecular formula is C18H12F6O2. The minimum absolute atomic E-state index is 0.200. The Morgan fingerprint density at radius 3 is 0.962 bits per heavy atom. The molecule has 0 fully saturated rings. The van der Waals surface area contributed by atoms with Gasteiger partial charge in [-0.05, 0) is 21.5 Å². The van der Waals surface area contributed by atoms with Gasteiger partial charge in [-0.1, -0.05) is 48.5 Å². The Balaban J connectivity index is 2.52. The molecule has 0 unspecified atom stereocenters. The van der Waals surface area contributed by atoms with Crippen LogP contribution in [0.15, 0.2) is 48.5 Å². The van der Waals surface area contributed by atoms with Crippen LogP contribution in [0.4, 0.5) is 26.3 Å². The lowest BCUT2D eigenvalue weighted by Crippen LogP contribution is -2.23. The fourth-order valence-corrected chi connectivity index (χ4v) is 3.11. The van der Waals surface area contributed by atoms with Crippen molar-refractivity contribution in [2.75, 3.05) is 0 Å². The Hall–Kier alpha value is -2.32. The molecule has 2 atom stereocenters. The molecule has 3 rings (SSSR count). The van der Waals surface area contributed by atoms with E-state index in [-0.39, 0.29) is 21.5 Å². The summed E-state index contributed by atoms with van der Waals surface area (Å²) in [6.07, 6.45) is -15.8. The molecule has 138 valence electrons. The molecule has 0 spiro atoms. The summed E-state index contributed by atoms with van der Waals surface area (Å²) >= 11 is 0. The van der Waals surface area contributed by atoms with Gasteiger partial charge in [-0.15, -0.1) is 0 Å². The van der Waals surface area contributed by atoms with Crippen molar-refractivity contribution in [3.63, 3.8) is 0 Å². The molecule has 0 aliphatic heterocycles. The average molecular weight is 374 g/mol. The first-order chi connectivity index (χ1) is 12.0. The molecule has 0 amide bonds. The molecule has 3 aromatic carbocycles. The van der Waals surface area contributed by atoms with Gasteiger partial charge in [0.15, 0.2) is 12.2 Å². The van der Waals surface area contributed by atoms with E-state index in [1.165, 1.54) is 48.5 Å². The number of benzene rings is 3. The van der Waals surface area contributed by atoms with Crippen molar-refractivity contribution in [3.05, 3.63) is 59.7 Å². The third-order valence-corrected chi connectivity index (χ3v) is 4.18. The van der Waals surface area contributed by atoms with Gasteiger partial charge in [0.2, 0.25) is 0 Å². The molecule has 2 nitrogen and oxygen atoms in total. The predicted molar refractivity (Wildman–Crippen MR) is 83.5 cm³/mol. The zero-order valence-corrected chi connectivity index (χ0v) is 12.9. The van der Waals surface area contributed by atoms with Crippen molar-refractivity contribution in [1.82, 2.24) is 0 Å². The van der Waals surface area contributed by atoms with E-state index in [4.69, 9.17) is 0 Å². The lowest BCUT2D eigenvalue weighted by atomic mass is 9.87. The zero-order valence-electron chi connectivity index (χ0n) is 12.9. The Bertz CT molecular complexity index is 826. The average Bonchev–Trinajstić information content (AvgIpc) is 2.56. The van der Waals surface area contributed by atoms with Gasteiger partial charge in [-0.25, -0.2) is 0 Å². The minimum atomic E-state index is -5.00. The van der Waals surface area contributed by atoms with Gasteiger partial charge in [0.1, 0.15) is 0 Å². The molecule has 0 aromatic heterocycles. The quantitative estimate of drug-likeness (QED) is 0.479. The van der Waals surface area contributed by atoms with Gasteiger partial charge in [0.25, 0.3) is 0 Å². The largest absolute Gasteiger partial charge is 0.418 e. The van der Waals surface area contributed by atoms with Crippen molar-refractivity contribution in [1.29, 1.82) is 0 Å². The fraction of sp³-hybridized carbons (Fsp3) is 0.222. The monoisotopic (exact) mass is 374 g/mol.